The lowest BCUT2D eigenvalue weighted by Crippen LogP contribution is -2.47. The van der Waals surface area contributed by atoms with E-state index in [0.717, 1.165) is 30.9 Å². The number of nitrogens with zero attached hydrogens (tertiary/aromatic N) is 8. The van der Waals surface area contributed by atoms with Crippen LogP contribution in [0.25, 0.3) is 0 Å². The van der Waals surface area contributed by atoms with Gasteiger partial charge in [0.1, 0.15) is 35.4 Å². The molecule has 6 heterocycles. The molecular formula is C38H40N12O4S2. The number of hydrogen-bond donors (Lipinski definition) is 4. The van der Waals surface area contributed by atoms with Gasteiger partial charge in [0.25, 0.3) is 23.6 Å². The molecule has 2 aliphatic rings. The van der Waals surface area contributed by atoms with Crippen LogP contribution in [0.1, 0.15) is 76.6 Å². The van der Waals surface area contributed by atoms with Gasteiger partial charge in [0.05, 0.1) is 10.0 Å². The largest absolute Gasteiger partial charge is 0.337 e. The average Bonchev–Trinajstić information content (AvgIpc) is 4.00. The molecule has 0 aliphatic carbocycles. The van der Waals surface area contributed by atoms with Crippen molar-refractivity contribution in [1.29, 1.82) is 0 Å². The Morgan fingerprint density at radius 2 is 1.05 bits per heavy atom. The maximum atomic E-state index is 12.8. The van der Waals surface area contributed by atoms with Crippen molar-refractivity contribution in [2.75, 3.05) is 23.9 Å². The predicted molar refractivity (Wildman–Crippen MR) is 211 cm³/mol. The Morgan fingerprint density at radius 1 is 0.661 bits per heavy atom. The van der Waals surface area contributed by atoms with Crippen LogP contribution in [-0.4, -0.2) is 90.1 Å². The molecule has 2 aliphatic heterocycles. The zero-order chi connectivity index (χ0) is 39.3. The molecule has 0 saturated carbocycles. The van der Waals surface area contributed by atoms with Gasteiger partial charge in [-0.15, -0.1) is 32.9 Å². The minimum absolute atomic E-state index is 0.0365. The first-order valence-electron chi connectivity index (χ1n) is 18.0. The second kappa shape index (κ2) is 16.7. The van der Waals surface area contributed by atoms with E-state index in [4.69, 9.17) is 0 Å². The summed E-state index contributed by atoms with van der Waals surface area (Å²) in [7, 11) is 3.38. The minimum atomic E-state index is -0.629. The number of rotatable bonds is 8. The van der Waals surface area contributed by atoms with E-state index >= 15 is 0 Å². The lowest BCUT2D eigenvalue weighted by atomic mass is 10.1. The van der Waals surface area contributed by atoms with Crippen LogP contribution >= 0.6 is 22.7 Å². The monoisotopic (exact) mass is 792 g/mol. The van der Waals surface area contributed by atoms with Crippen molar-refractivity contribution in [2.45, 2.75) is 64.5 Å². The molecule has 4 aromatic heterocycles. The molecule has 0 saturated heterocycles. The normalized spacial score (nSPS) is 16.6. The average molecular weight is 793 g/mol. The molecule has 2 atom stereocenters. The number of carbonyl (C=O) groups excluding carboxylic acids is 4. The summed E-state index contributed by atoms with van der Waals surface area (Å²) >= 11 is 3.17. The van der Waals surface area contributed by atoms with E-state index in [0.29, 0.717) is 61.8 Å². The second-order valence-corrected chi connectivity index (χ2v) is 16.0. The summed E-state index contributed by atoms with van der Waals surface area (Å²) in [5, 5.41) is 21.0. The number of aromatic nitrogens is 8. The topological polar surface area (TPSA) is 208 Å². The lowest BCUT2D eigenvalue weighted by molar-refractivity contribution is -0.120. The van der Waals surface area contributed by atoms with Crippen LogP contribution in [-0.2, 0) is 35.3 Å². The van der Waals surface area contributed by atoms with Crippen molar-refractivity contribution in [3.05, 3.63) is 115 Å². The molecule has 16 nitrogen and oxygen atoms in total. The molecule has 0 unspecified atom stereocenters. The number of hydrogen-bond acceptors (Lipinski definition) is 12. The molecule has 4 N–H and O–H groups in total. The fourth-order valence-electron chi connectivity index (χ4n) is 6.48. The number of benzene rings is 2. The number of carbonyl (C=O) groups is 4. The van der Waals surface area contributed by atoms with Gasteiger partial charge < -0.3 is 10.6 Å². The van der Waals surface area contributed by atoms with Gasteiger partial charge in [0.2, 0.25) is 11.6 Å². The highest BCUT2D eigenvalue weighted by atomic mass is 32.1. The van der Waals surface area contributed by atoms with E-state index in [-0.39, 0.29) is 23.5 Å². The third-order valence-corrected chi connectivity index (χ3v) is 11.3. The molecule has 4 amide bonds. The maximum absolute atomic E-state index is 12.8. The fourth-order valence-corrected chi connectivity index (χ4v) is 8.45. The number of amides is 4. The molecule has 2 aromatic carbocycles. The standard InChI is InChI=1S/2C19H20N6O2S/c2*1-11-20-17-14(28-11)9-8-13(19(27)25(17)2)21-18(26)16-22-15(23-24-16)10-12-6-4-3-5-7-12/h2*3-7,13H,8-10H2,1-2H3,(H,21,26)(H,22,23,24)/t2*13-/m10/s1. The van der Waals surface area contributed by atoms with Gasteiger partial charge in [-0.05, 0) is 50.7 Å². The summed E-state index contributed by atoms with van der Waals surface area (Å²) in [5.74, 6) is 1.36. The highest BCUT2D eigenvalue weighted by Crippen LogP contribution is 2.31. The molecule has 0 spiro atoms. The fraction of sp³-hybridized carbons (Fsp3) is 0.316. The van der Waals surface area contributed by atoms with E-state index in [1.165, 1.54) is 9.80 Å². The zero-order valence-corrected chi connectivity index (χ0v) is 32.8. The molecule has 0 radical (unpaired) electrons. The Labute approximate surface area is 330 Å². The molecule has 0 bridgehead atoms. The molecule has 6 aromatic rings. The molecule has 288 valence electrons. The van der Waals surface area contributed by atoms with Crippen LogP contribution in [0, 0.1) is 13.8 Å². The van der Waals surface area contributed by atoms with Gasteiger partial charge in [0.15, 0.2) is 0 Å². The molecular weight excluding hydrogens is 753 g/mol. The third-order valence-electron chi connectivity index (χ3n) is 9.29. The highest BCUT2D eigenvalue weighted by Gasteiger charge is 2.33. The maximum Gasteiger partial charge on any atom is 0.291 e. The molecule has 18 heteroatoms. The van der Waals surface area contributed by atoms with Gasteiger partial charge in [-0.25, -0.2) is 19.9 Å². The number of anilines is 2. The Balaban J connectivity index is 0.000000172. The van der Waals surface area contributed by atoms with Crippen molar-refractivity contribution < 1.29 is 19.2 Å². The number of nitrogens with one attached hydrogen (secondary N) is 4. The summed E-state index contributed by atoms with van der Waals surface area (Å²) in [6, 6.07) is 18.3. The summed E-state index contributed by atoms with van der Waals surface area (Å²) in [6.07, 6.45) is 3.52. The SMILES string of the molecule is Cc1nc2c(s1)CC[C@@H](NC(=O)c1n[nH]c(Cc3ccccc3)n1)C(=O)N2C.Cc1nc2c(s1)CC[C@H](NC(=O)c1n[nH]c(Cc3ccccc3)n1)C(=O)N2C. The Bertz CT molecular complexity index is 2190. The van der Waals surface area contributed by atoms with Crippen molar-refractivity contribution in [2.24, 2.45) is 0 Å². The van der Waals surface area contributed by atoms with Gasteiger partial charge in [-0.3, -0.25) is 39.2 Å². The van der Waals surface area contributed by atoms with Crippen LogP contribution in [0.5, 0.6) is 0 Å². The lowest BCUT2D eigenvalue weighted by Gasteiger charge is -2.20. The quantitative estimate of drug-likeness (QED) is 0.176. The van der Waals surface area contributed by atoms with Crippen molar-refractivity contribution in [3.63, 3.8) is 0 Å². The third kappa shape index (κ3) is 8.71. The van der Waals surface area contributed by atoms with Crippen LogP contribution in [0.2, 0.25) is 0 Å². The van der Waals surface area contributed by atoms with Crippen molar-refractivity contribution in [1.82, 2.24) is 51.0 Å². The van der Waals surface area contributed by atoms with Crippen LogP contribution in [0.3, 0.4) is 0 Å². The predicted octanol–water partition coefficient (Wildman–Crippen LogP) is 3.74. The summed E-state index contributed by atoms with van der Waals surface area (Å²) in [6.45, 7) is 3.85. The Kier molecular flexibility index (Phi) is 11.4. The van der Waals surface area contributed by atoms with Crippen molar-refractivity contribution >= 4 is 57.9 Å². The molecule has 8 rings (SSSR count). The van der Waals surface area contributed by atoms with E-state index in [1.54, 1.807) is 36.8 Å². The van der Waals surface area contributed by atoms with E-state index in [9.17, 15) is 19.2 Å². The second-order valence-electron chi connectivity index (χ2n) is 13.4. The zero-order valence-electron chi connectivity index (χ0n) is 31.2. The smallest absolute Gasteiger partial charge is 0.291 e. The first kappa shape index (κ1) is 38.1. The van der Waals surface area contributed by atoms with Crippen LogP contribution < -0.4 is 20.4 Å². The number of aryl methyl sites for hydroxylation is 4. The van der Waals surface area contributed by atoms with Gasteiger partial charge in [-0.1, -0.05) is 60.7 Å². The van der Waals surface area contributed by atoms with Crippen LogP contribution in [0.4, 0.5) is 11.6 Å². The van der Waals surface area contributed by atoms with Gasteiger partial charge in [0, 0.05) is 36.7 Å². The van der Waals surface area contributed by atoms with E-state index in [1.807, 2.05) is 74.5 Å². The molecule has 56 heavy (non-hydrogen) atoms. The number of fused-ring (bicyclic) bond motifs is 2. The first-order chi connectivity index (χ1) is 27.0. The number of H-pyrrole nitrogens is 2. The minimum Gasteiger partial charge on any atom is -0.337 e. The van der Waals surface area contributed by atoms with E-state index in [2.05, 4.69) is 51.0 Å². The highest BCUT2D eigenvalue weighted by molar-refractivity contribution is 7.12. The number of likely N-dealkylation sites (N-methyl/N-ethyl adjacent to an activating group) is 2. The first-order valence-corrected chi connectivity index (χ1v) is 19.7. The van der Waals surface area contributed by atoms with Gasteiger partial charge in [-0.2, -0.15) is 0 Å². The Hall–Kier alpha value is -6.14. The van der Waals surface area contributed by atoms with Crippen LogP contribution in [0.15, 0.2) is 60.7 Å². The number of thiazole rings is 2. The summed E-state index contributed by atoms with van der Waals surface area (Å²) in [4.78, 5) is 73.2. The summed E-state index contributed by atoms with van der Waals surface area (Å²) in [5.41, 5.74) is 2.14. The number of aromatic amines is 2. The molecule has 0 fully saturated rings. The van der Waals surface area contributed by atoms with Crippen molar-refractivity contribution in [3.8, 4) is 0 Å². The van der Waals surface area contributed by atoms with E-state index < -0.39 is 23.9 Å². The Morgan fingerprint density at radius 3 is 1.45 bits per heavy atom. The van der Waals surface area contributed by atoms with Gasteiger partial charge >= 0.3 is 0 Å². The summed E-state index contributed by atoms with van der Waals surface area (Å²) < 4.78 is 0.